The monoisotopic (exact) mass is 478 g/mol. The Morgan fingerprint density at radius 1 is 0.424 bits per heavy atom. The molecule has 10 heteroatoms. The fourth-order valence-electron chi connectivity index (χ4n) is 4.19. The zero-order valence-electron chi connectivity index (χ0n) is 23.7. The molecule has 3 saturated heterocycles. The highest BCUT2D eigenvalue weighted by molar-refractivity contribution is 6.99. The average Bonchev–Trinajstić information content (AvgIpc) is 2.98. The molecule has 186 valence electrons. The molecule has 3 fully saturated rings. The summed E-state index contributed by atoms with van der Waals surface area (Å²) in [5.74, 6) is 0. The van der Waals surface area contributed by atoms with Crippen molar-refractivity contribution in [2.75, 3.05) is 0 Å². The Balaban J connectivity index is 2.22. The van der Waals surface area contributed by atoms with Crippen molar-refractivity contribution in [1.29, 1.82) is 0 Å². The van der Waals surface area contributed by atoms with E-state index in [4.69, 9.17) is 27.9 Å². The van der Waals surface area contributed by atoms with Crippen LogP contribution in [0.25, 0.3) is 0 Å². The Morgan fingerprint density at radius 2 is 0.636 bits per heavy atom. The minimum atomic E-state index is -2.05. The zero-order valence-corrected chi connectivity index (χ0v) is 24.7. The van der Waals surface area contributed by atoms with Gasteiger partial charge in [-0.1, -0.05) is 24.7 Å². The predicted molar refractivity (Wildman–Crippen MR) is 139 cm³/mol. The topological polar surface area (TPSA) is 55.4 Å². The molecule has 33 heavy (non-hydrogen) atoms. The Morgan fingerprint density at radius 3 is 0.848 bits per heavy atom. The lowest BCUT2D eigenvalue weighted by atomic mass is 9.54. The molecule has 0 radical (unpaired) electrons. The number of hydrogen-bond acceptors (Lipinski definition) is 6. The smallest absolute Gasteiger partial charge is 0.400 e. The van der Waals surface area contributed by atoms with Crippen LogP contribution < -0.4 is 0 Å². The molecule has 0 aromatic carbocycles. The van der Waals surface area contributed by atoms with Crippen molar-refractivity contribution >= 4 is 29.4 Å². The third kappa shape index (κ3) is 4.59. The second-order valence-corrected chi connectivity index (χ2v) is 18.9. The molecular weight excluding hydrogens is 433 g/mol. The van der Waals surface area contributed by atoms with Crippen LogP contribution in [0.3, 0.4) is 0 Å². The molecule has 0 bridgehead atoms. The van der Waals surface area contributed by atoms with Crippen molar-refractivity contribution in [3.8, 4) is 0 Å². The van der Waals surface area contributed by atoms with Crippen molar-refractivity contribution in [1.82, 2.24) is 0 Å². The average molecular weight is 478 g/mol. The van der Waals surface area contributed by atoms with E-state index in [2.05, 4.69) is 103 Å². The lowest BCUT2D eigenvalue weighted by Crippen LogP contribution is -2.46. The van der Waals surface area contributed by atoms with Crippen LogP contribution in [0.15, 0.2) is 10.5 Å². The van der Waals surface area contributed by atoms with Crippen LogP contribution >= 0.6 is 0 Å². The largest absolute Gasteiger partial charge is 0.485 e. The first kappa shape index (κ1) is 27.5. The maximum atomic E-state index is 6.59. The van der Waals surface area contributed by atoms with Gasteiger partial charge in [-0.25, -0.2) is 0 Å². The van der Waals surface area contributed by atoms with Crippen LogP contribution in [0.5, 0.6) is 0 Å². The van der Waals surface area contributed by atoms with Crippen LogP contribution in [0.4, 0.5) is 0 Å². The van der Waals surface area contributed by atoms with Crippen molar-refractivity contribution in [2.24, 2.45) is 0 Å². The minimum absolute atomic E-state index is 0.459. The maximum absolute atomic E-state index is 6.59. The van der Waals surface area contributed by atoms with Gasteiger partial charge in [-0.05, 0) is 88.5 Å². The molecule has 0 aromatic rings. The van der Waals surface area contributed by atoms with Gasteiger partial charge in [0.15, 0.2) is 0 Å². The standard InChI is InChI=1S/C23H45B3O6Si/c1-18(2)19(3,4)28-24(27-18)16(25-29-20(5,6)21(7,8)30-25)17(33(13,14)15)26-31-22(9,10)23(11,12)32-26/h1-15H3. The maximum Gasteiger partial charge on any atom is 0.485 e. The lowest BCUT2D eigenvalue weighted by molar-refractivity contribution is 0.00578. The molecule has 0 atom stereocenters. The molecule has 0 aromatic heterocycles. The van der Waals surface area contributed by atoms with E-state index in [1.165, 1.54) is 0 Å². The molecule has 0 spiro atoms. The highest BCUT2D eigenvalue weighted by Crippen LogP contribution is 2.47. The molecule has 3 heterocycles. The zero-order chi connectivity index (χ0) is 25.6. The first-order chi connectivity index (χ1) is 14.4. The van der Waals surface area contributed by atoms with Gasteiger partial charge in [0.1, 0.15) is 0 Å². The van der Waals surface area contributed by atoms with Gasteiger partial charge in [-0.2, -0.15) is 0 Å². The van der Waals surface area contributed by atoms with Gasteiger partial charge < -0.3 is 27.9 Å². The molecule has 3 aliphatic rings. The first-order valence-corrected chi connectivity index (χ1v) is 15.8. The van der Waals surface area contributed by atoms with Crippen LogP contribution in [0.1, 0.15) is 83.1 Å². The Labute approximate surface area is 204 Å². The molecule has 0 aliphatic carbocycles. The summed E-state index contributed by atoms with van der Waals surface area (Å²) in [5.41, 5.74) is -2.89. The van der Waals surface area contributed by atoms with Crippen molar-refractivity contribution in [3.05, 3.63) is 10.5 Å². The molecule has 0 amide bonds. The van der Waals surface area contributed by atoms with Crippen LogP contribution in [-0.2, 0) is 27.9 Å². The molecular formula is C23H45B3O6Si. The fraction of sp³-hybridized carbons (Fsp3) is 0.913. The number of hydrogen-bond donors (Lipinski definition) is 0. The van der Waals surface area contributed by atoms with E-state index in [0.29, 0.717) is 0 Å². The molecule has 0 N–H and O–H groups in total. The third-order valence-electron chi connectivity index (χ3n) is 8.62. The molecule has 0 unspecified atom stereocenters. The van der Waals surface area contributed by atoms with Crippen LogP contribution in [-0.4, -0.2) is 63.0 Å². The van der Waals surface area contributed by atoms with Crippen molar-refractivity contribution in [3.63, 3.8) is 0 Å². The predicted octanol–water partition coefficient (Wildman–Crippen LogP) is 5.05. The van der Waals surface area contributed by atoms with Gasteiger partial charge in [0.25, 0.3) is 0 Å². The normalized spacial score (nSPS) is 29.0. The van der Waals surface area contributed by atoms with E-state index < -0.39 is 63.0 Å². The van der Waals surface area contributed by atoms with Gasteiger partial charge >= 0.3 is 21.4 Å². The van der Waals surface area contributed by atoms with E-state index >= 15 is 0 Å². The second kappa shape index (κ2) is 7.70. The van der Waals surface area contributed by atoms with Gasteiger partial charge in [0, 0.05) is 0 Å². The summed E-state index contributed by atoms with van der Waals surface area (Å²) in [5, 5.41) is 1.95. The Kier molecular flexibility index (Phi) is 6.42. The summed E-state index contributed by atoms with van der Waals surface area (Å²) in [7, 11) is -3.81. The van der Waals surface area contributed by atoms with Crippen molar-refractivity contribution in [2.45, 2.75) is 136 Å². The lowest BCUT2D eigenvalue weighted by Gasteiger charge is -2.32. The first-order valence-electron chi connectivity index (χ1n) is 12.3. The highest BCUT2D eigenvalue weighted by Gasteiger charge is 2.63. The summed E-state index contributed by atoms with van der Waals surface area (Å²) in [4.78, 5) is 0. The quantitative estimate of drug-likeness (QED) is 0.528. The van der Waals surface area contributed by atoms with E-state index in [1.807, 2.05) is 0 Å². The van der Waals surface area contributed by atoms with Gasteiger partial charge in [0.2, 0.25) is 0 Å². The summed E-state index contributed by atoms with van der Waals surface area (Å²) in [6, 6.07) is 0. The summed E-state index contributed by atoms with van der Waals surface area (Å²) >= 11 is 0. The van der Waals surface area contributed by atoms with Crippen LogP contribution in [0.2, 0.25) is 19.6 Å². The van der Waals surface area contributed by atoms with Crippen LogP contribution in [0, 0.1) is 0 Å². The third-order valence-corrected chi connectivity index (χ3v) is 10.8. The number of rotatable bonds is 4. The Bertz CT molecular complexity index is 743. The Hall–Kier alpha value is -0.0883. The van der Waals surface area contributed by atoms with E-state index in [1.54, 1.807) is 0 Å². The summed E-state index contributed by atoms with van der Waals surface area (Å²) in [6.07, 6.45) is 0. The molecule has 3 rings (SSSR count). The van der Waals surface area contributed by atoms with Gasteiger partial charge in [-0.3, -0.25) is 0 Å². The minimum Gasteiger partial charge on any atom is -0.400 e. The fourth-order valence-corrected chi connectivity index (χ4v) is 6.12. The summed E-state index contributed by atoms with van der Waals surface area (Å²) in [6.45, 7) is 31.8. The molecule has 3 aliphatic heterocycles. The SMILES string of the molecule is CC1(C)OB(C(B2OC(C)(C)C(C)(C)O2)=C(B2OC(C)(C)C(C)(C)O2)[Si](C)(C)C)OC1(C)C. The molecule has 6 nitrogen and oxygen atoms in total. The van der Waals surface area contributed by atoms with E-state index in [-0.39, 0.29) is 0 Å². The van der Waals surface area contributed by atoms with Crippen molar-refractivity contribution < 1.29 is 27.9 Å². The van der Waals surface area contributed by atoms with Gasteiger partial charge in [0.05, 0.1) is 41.7 Å². The highest BCUT2D eigenvalue weighted by atomic mass is 28.3. The summed E-state index contributed by atoms with van der Waals surface area (Å²) < 4.78 is 39.5. The van der Waals surface area contributed by atoms with E-state index in [0.717, 1.165) is 10.5 Å². The molecule has 0 saturated carbocycles. The van der Waals surface area contributed by atoms with E-state index in [9.17, 15) is 0 Å². The second-order valence-electron chi connectivity index (χ2n) is 13.9. The van der Waals surface area contributed by atoms with Gasteiger partial charge in [-0.15, -0.1) is 0 Å².